The van der Waals surface area contributed by atoms with Crippen LogP contribution in [0.5, 0.6) is 5.75 Å². The minimum atomic E-state index is -0.902. The van der Waals surface area contributed by atoms with Gasteiger partial charge in [-0.2, -0.15) is 0 Å². The van der Waals surface area contributed by atoms with Crippen LogP contribution in [0, 0.1) is 17.0 Å². The summed E-state index contributed by atoms with van der Waals surface area (Å²) in [5.41, 5.74) is 4.18. The van der Waals surface area contributed by atoms with Gasteiger partial charge in [0.1, 0.15) is 0 Å². The third-order valence-corrected chi connectivity index (χ3v) is 7.52. The Balaban J connectivity index is 1.45. The number of benzene rings is 3. The molecule has 0 saturated heterocycles. The fourth-order valence-corrected chi connectivity index (χ4v) is 4.99. The molecule has 3 N–H and O–H groups in total. The molecule has 0 spiro atoms. The molecule has 4 aromatic rings. The van der Waals surface area contributed by atoms with Crippen LogP contribution in [0.25, 0.3) is 11.1 Å². The van der Waals surface area contributed by atoms with Crippen LogP contribution in [-0.4, -0.2) is 28.8 Å². The molecule has 1 aromatic heterocycles. The zero-order valence-corrected chi connectivity index (χ0v) is 22.4. The summed E-state index contributed by atoms with van der Waals surface area (Å²) < 4.78 is 5.20. The SMILES string of the molecule is COc1cc(-c2ccc3c(c2)Nc2ccc(C(C)(C)C(=O)Nc4nc(C)cs4)cc2NC3=O)ccc1[N+](=O)[O-]. The lowest BCUT2D eigenvalue weighted by atomic mass is 9.83. The molecule has 0 aliphatic carbocycles. The number of nitrogens with zero attached hydrogens (tertiary/aromatic N) is 2. The molecule has 10 nitrogen and oxygen atoms in total. The van der Waals surface area contributed by atoms with Crippen molar-refractivity contribution in [3.05, 3.63) is 86.9 Å². The summed E-state index contributed by atoms with van der Waals surface area (Å²) in [5, 5.41) is 22.8. The number of amides is 2. The summed E-state index contributed by atoms with van der Waals surface area (Å²) in [7, 11) is 1.38. The fourth-order valence-electron chi connectivity index (χ4n) is 4.31. The van der Waals surface area contributed by atoms with Gasteiger partial charge in [0.25, 0.3) is 5.91 Å². The van der Waals surface area contributed by atoms with E-state index in [1.165, 1.54) is 24.5 Å². The molecule has 0 saturated carbocycles. The zero-order chi connectivity index (χ0) is 27.9. The van der Waals surface area contributed by atoms with Gasteiger partial charge in [-0.3, -0.25) is 19.7 Å². The van der Waals surface area contributed by atoms with E-state index in [9.17, 15) is 19.7 Å². The first kappa shape index (κ1) is 25.9. The second-order valence-electron chi connectivity index (χ2n) is 9.62. The summed E-state index contributed by atoms with van der Waals surface area (Å²) in [4.78, 5) is 41.3. The summed E-state index contributed by atoms with van der Waals surface area (Å²) in [6.45, 7) is 5.50. The number of anilines is 4. The number of nitro benzene ring substituents is 1. The molecule has 39 heavy (non-hydrogen) atoms. The average molecular weight is 544 g/mol. The quantitative estimate of drug-likeness (QED) is 0.193. The van der Waals surface area contributed by atoms with Crippen molar-refractivity contribution in [3.8, 4) is 16.9 Å². The molecule has 0 fully saturated rings. The Labute approximate surface area is 228 Å². The van der Waals surface area contributed by atoms with Gasteiger partial charge in [0.05, 0.1) is 45.8 Å². The van der Waals surface area contributed by atoms with E-state index >= 15 is 0 Å². The summed E-state index contributed by atoms with van der Waals surface area (Å²) in [6.07, 6.45) is 0. The summed E-state index contributed by atoms with van der Waals surface area (Å²) in [6, 6.07) is 15.4. The van der Waals surface area contributed by atoms with E-state index in [0.29, 0.717) is 33.3 Å². The standard InChI is InChI=1S/C28H25N5O5S/c1-15-14-39-27(29-15)32-26(35)28(2,3)18-7-9-20-22(13-18)31-25(34)19-8-5-16(11-21(19)30-20)17-6-10-23(33(36)37)24(12-17)38-4/h5-14,30H,1-4H3,(H,31,34)(H,29,32,35). The Hall–Kier alpha value is -4.77. The molecule has 2 amide bonds. The van der Waals surface area contributed by atoms with Crippen molar-refractivity contribution in [1.82, 2.24) is 4.98 Å². The van der Waals surface area contributed by atoms with Crippen molar-refractivity contribution in [2.45, 2.75) is 26.2 Å². The monoisotopic (exact) mass is 543 g/mol. The number of nitrogens with one attached hydrogen (secondary N) is 3. The van der Waals surface area contributed by atoms with Crippen LogP contribution in [0.1, 0.15) is 35.5 Å². The van der Waals surface area contributed by atoms with Crippen molar-refractivity contribution in [1.29, 1.82) is 0 Å². The number of rotatable bonds is 6. The van der Waals surface area contributed by atoms with Gasteiger partial charge in [-0.25, -0.2) is 4.98 Å². The zero-order valence-electron chi connectivity index (χ0n) is 21.6. The third-order valence-electron chi connectivity index (χ3n) is 6.64. The lowest BCUT2D eigenvalue weighted by Crippen LogP contribution is -2.34. The Morgan fingerprint density at radius 3 is 2.46 bits per heavy atom. The predicted molar refractivity (Wildman–Crippen MR) is 151 cm³/mol. The minimum Gasteiger partial charge on any atom is -0.490 e. The Kier molecular flexibility index (Phi) is 6.52. The number of methoxy groups -OCH3 is 1. The van der Waals surface area contributed by atoms with Gasteiger partial charge in [-0.1, -0.05) is 12.1 Å². The normalized spacial score (nSPS) is 12.4. The van der Waals surface area contributed by atoms with Crippen LogP contribution in [-0.2, 0) is 10.2 Å². The second-order valence-corrected chi connectivity index (χ2v) is 10.5. The van der Waals surface area contributed by atoms with E-state index in [1.807, 2.05) is 44.4 Å². The number of hydrogen-bond acceptors (Lipinski definition) is 8. The van der Waals surface area contributed by atoms with E-state index < -0.39 is 10.3 Å². The first-order valence-electron chi connectivity index (χ1n) is 12.0. The summed E-state index contributed by atoms with van der Waals surface area (Å²) >= 11 is 1.36. The first-order valence-corrected chi connectivity index (χ1v) is 12.9. The van der Waals surface area contributed by atoms with E-state index in [1.54, 1.807) is 30.3 Å². The van der Waals surface area contributed by atoms with Crippen LogP contribution >= 0.6 is 11.3 Å². The van der Waals surface area contributed by atoms with Crippen molar-refractivity contribution >= 4 is 51.0 Å². The molecule has 1 aliphatic rings. The molecule has 1 aliphatic heterocycles. The summed E-state index contributed by atoms with van der Waals surface area (Å²) in [5.74, 6) is -0.370. The topological polar surface area (TPSA) is 135 Å². The van der Waals surface area contributed by atoms with Crippen molar-refractivity contribution in [3.63, 3.8) is 0 Å². The first-order chi connectivity index (χ1) is 18.6. The van der Waals surface area contributed by atoms with Crippen LogP contribution in [0.3, 0.4) is 0 Å². The molecule has 5 rings (SSSR count). The molecule has 0 radical (unpaired) electrons. The molecule has 198 valence electrons. The minimum absolute atomic E-state index is 0.128. The number of hydrogen-bond donors (Lipinski definition) is 3. The van der Waals surface area contributed by atoms with Crippen molar-refractivity contribution in [2.24, 2.45) is 0 Å². The number of carbonyl (C=O) groups excluding carboxylic acids is 2. The third kappa shape index (κ3) is 4.91. The predicted octanol–water partition coefficient (Wildman–Crippen LogP) is 6.26. The highest BCUT2D eigenvalue weighted by Gasteiger charge is 2.32. The van der Waals surface area contributed by atoms with Crippen LogP contribution < -0.4 is 20.7 Å². The van der Waals surface area contributed by atoms with Crippen molar-refractivity contribution < 1.29 is 19.2 Å². The lowest BCUT2D eigenvalue weighted by Gasteiger charge is -2.24. The van der Waals surface area contributed by atoms with Gasteiger partial charge in [-0.15, -0.1) is 11.3 Å². The molecule has 0 bridgehead atoms. The molecule has 0 unspecified atom stereocenters. The average Bonchev–Trinajstić information content (AvgIpc) is 3.26. The van der Waals surface area contributed by atoms with Gasteiger partial charge < -0.3 is 20.7 Å². The number of thiazole rings is 1. The molecular weight excluding hydrogens is 518 g/mol. The number of nitro groups is 1. The Morgan fingerprint density at radius 1 is 1.03 bits per heavy atom. The van der Waals surface area contributed by atoms with Gasteiger partial charge in [-0.05, 0) is 73.9 Å². The van der Waals surface area contributed by atoms with Crippen LogP contribution in [0.2, 0.25) is 0 Å². The highest BCUT2D eigenvalue weighted by molar-refractivity contribution is 7.13. The van der Waals surface area contributed by atoms with E-state index in [0.717, 1.165) is 16.8 Å². The second kappa shape index (κ2) is 9.84. The highest BCUT2D eigenvalue weighted by atomic mass is 32.1. The number of aromatic nitrogens is 1. The van der Waals surface area contributed by atoms with Gasteiger partial charge in [0.15, 0.2) is 10.9 Å². The molecule has 11 heteroatoms. The van der Waals surface area contributed by atoms with E-state index in [4.69, 9.17) is 4.74 Å². The Morgan fingerprint density at radius 2 is 1.77 bits per heavy atom. The van der Waals surface area contributed by atoms with Gasteiger partial charge in [0, 0.05) is 11.4 Å². The van der Waals surface area contributed by atoms with Gasteiger partial charge in [0.2, 0.25) is 5.91 Å². The number of ether oxygens (including phenoxy) is 1. The molecular formula is C28H25N5O5S. The Bertz CT molecular complexity index is 1650. The maximum absolute atomic E-state index is 13.1. The van der Waals surface area contributed by atoms with Crippen molar-refractivity contribution in [2.75, 3.05) is 23.1 Å². The smallest absolute Gasteiger partial charge is 0.310 e. The molecule has 2 heterocycles. The van der Waals surface area contributed by atoms with Crippen LogP contribution in [0.15, 0.2) is 60.0 Å². The largest absolute Gasteiger partial charge is 0.490 e. The number of fused-ring (bicyclic) bond motifs is 2. The van der Waals surface area contributed by atoms with Gasteiger partial charge >= 0.3 is 5.69 Å². The fraction of sp³-hybridized carbons (Fsp3) is 0.179. The lowest BCUT2D eigenvalue weighted by molar-refractivity contribution is -0.385. The van der Waals surface area contributed by atoms with E-state index in [2.05, 4.69) is 20.9 Å². The van der Waals surface area contributed by atoms with Crippen LogP contribution in [0.4, 0.5) is 27.9 Å². The van der Waals surface area contributed by atoms with E-state index in [-0.39, 0.29) is 23.3 Å². The number of aryl methyl sites for hydroxylation is 1. The molecule has 3 aromatic carbocycles. The number of carbonyl (C=O) groups is 2. The maximum atomic E-state index is 13.1. The molecule has 0 atom stereocenters. The highest BCUT2D eigenvalue weighted by Crippen LogP contribution is 2.39. The maximum Gasteiger partial charge on any atom is 0.310 e.